The molecule has 0 aromatic rings. The summed E-state index contributed by atoms with van der Waals surface area (Å²) in [6, 6.07) is 0. The van der Waals surface area contributed by atoms with Gasteiger partial charge in [0.2, 0.25) is 11.6 Å². The van der Waals surface area contributed by atoms with E-state index in [4.69, 9.17) is 31.4 Å². The fourth-order valence-corrected chi connectivity index (χ4v) is 4.47. The molecule has 1 aliphatic rings. The standard InChI is InChI=1S/C29H43N3O9/c1-15(11-19-24(31)21(33)14-20(30)26(19)35)12-23(39-6)25(34)17(3)13-18(4)27(41-29(32)37)22(38-5)10-8-9-16(2)28(36)40-7/h8-10,13-15,17,22-23,25,27,34H,11-12,30-31H2,1-7H3,(H2,32,37). The largest absolute Gasteiger partial charge is 0.466 e. The van der Waals surface area contributed by atoms with Crippen LogP contribution >= 0.6 is 0 Å². The Labute approximate surface area is 240 Å². The molecule has 6 unspecified atom stereocenters. The molecule has 0 saturated heterocycles. The molecule has 0 heterocycles. The van der Waals surface area contributed by atoms with Crippen molar-refractivity contribution in [1.82, 2.24) is 0 Å². The Kier molecular flexibility index (Phi) is 14.2. The van der Waals surface area contributed by atoms with Crippen LogP contribution in [-0.2, 0) is 33.3 Å². The van der Waals surface area contributed by atoms with Crippen molar-refractivity contribution >= 4 is 23.6 Å². The lowest BCUT2D eigenvalue weighted by atomic mass is 9.85. The van der Waals surface area contributed by atoms with E-state index in [-0.39, 0.29) is 29.3 Å². The summed E-state index contributed by atoms with van der Waals surface area (Å²) in [5.41, 5.74) is 17.6. The number of aliphatic hydroxyl groups is 1. The van der Waals surface area contributed by atoms with Crippen molar-refractivity contribution < 1.29 is 43.2 Å². The quantitative estimate of drug-likeness (QED) is 0.0725. The second-order valence-electron chi connectivity index (χ2n) is 10.0. The number of Topliss-reactive ketones (excluding diaryl/α,β-unsaturated/α-hetero) is 1. The number of hydrogen-bond donors (Lipinski definition) is 4. The maximum Gasteiger partial charge on any atom is 0.405 e. The van der Waals surface area contributed by atoms with Crippen molar-refractivity contribution in [3.05, 3.63) is 58.5 Å². The number of carbonyl (C=O) groups excluding carboxylic acids is 4. The van der Waals surface area contributed by atoms with E-state index in [0.717, 1.165) is 6.08 Å². The summed E-state index contributed by atoms with van der Waals surface area (Å²) < 4.78 is 21.1. The molecule has 41 heavy (non-hydrogen) atoms. The molecule has 0 bridgehead atoms. The normalized spacial score (nSPS) is 19.4. The molecular weight excluding hydrogens is 534 g/mol. The highest BCUT2D eigenvalue weighted by Gasteiger charge is 2.31. The summed E-state index contributed by atoms with van der Waals surface area (Å²) in [5.74, 6) is -2.15. The fraction of sp³-hybridized carbons (Fsp3) is 0.517. The summed E-state index contributed by atoms with van der Waals surface area (Å²) in [7, 11) is 4.16. The van der Waals surface area contributed by atoms with Gasteiger partial charge in [0, 0.05) is 37.4 Å². The Bertz CT molecular complexity index is 1140. The highest BCUT2D eigenvalue weighted by Crippen LogP contribution is 2.27. The zero-order chi connectivity index (χ0) is 31.4. The van der Waals surface area contributed by atoms with Gasteiger partial charge in [-0.25, -0.2) is 9.59 Å². The van der Waals surface area contributed by atoms with Crippen molar-refractivity contribution in [2.24, 2.45) is 29.0 Å². The number of ether oxygens (including phenoxy) is 4. The molecule has 1 aliphatic carbocycles. The van der Waals surface area contributed by atoms with Crippen LogP contribution in [-0.4, -0.2) is 74.5 Å². The molecule has 0 fully saturated rings. The molecule has 0 radical (unpaired) electrons. The minimum Gasteiger partial charge on any atom is -0.466 e. The highest BCUT2D eigenvalue weighted by atomic mass is 16.6. The number of ketones is 2. The van der Waals surface area contributed by atoms with E-state index in [2.05, 4.69) is 4.74 Å². The molecule has 6 atom stereocenters. The summed E-state index contributed by atoms with van der Waals surface area (Å²) in [4.78, 5) is 47.7. The van der Waals surface area contributed by atoms with Crippen LogP contribution in [0.1, 0.15) is 40.5 Å². The number of methoxy groups -OCH3 is 3. The molecule has 1 rings (SSSR count). The van der Waals surface area contributed by atoms with Gasteiger partial charge in [0.25, 0.3) is 0 Å². The van der Waals surface area contributed by atoms with E-state index < -0.39 is 54.0 Å². The van der Waals surface area contributed by atoms with E-state index in [1.807, 2.05) is 6.92 Å². The Morgan fingerprint density at radius 1 is 1.07 bits per heavy atom. The third kappa shape index (κ3) is 10.3. The van der Waals surface area contributed by atoms with Crippen LogP contribution in [0.15, 0.2) is 58.5 Å². The van der Waals surface area contributed by atoms with Crippen molar-refractivity contribution in [2.75, 3.05) is 21.3 Å². The van der Waals surface area contributed by atoms with Crippen LogP contribution in [0.3, 0.4) is 0 Å². The zero-order valence-corrected chi connectivity index (χ0v) is 24.7. The van der Waals surface area contributed by atoms with Gasteiger partial charge in [0.15, 0.2) is 6.10 Å². The Morgan fingerprint density at radius 3 is 2.24 bits per heavy atom. The number of hydrogen-bond acceptors (Lipinski definition) is 11. The Morgan fingerprint density at radius 2 is 1.71 bits per heavy atom. The van der Waals surface area contributed by atoms with Crippen LogP contribution in [0.2, 0.25) is 0 Å². The van der Waals surface area contributed by atoms with Gasteiger partial charge >= 0.3 is 12.1 Å². The van der Waals surface area contributed by atoms with Gasteiger partial charge in [-0.05, 0) is 38.2 Å². The van der Waals surface area contributed by atoms with Crippen LogP contribution < -0.4 is 17.2 Å². The van der Waals surface area contributed by atoms with E-state index in [1.54, 1.807) is 39.0 Å². The lowest BCUT2D eigenvalue weighted by molar-refractivity contribution is -0.136. The molecule has 12 heteroatoms. The average molecular weight is 578 g/mol. The lowest BCUT2D eigenvalue weighted by Gasteiger charge is -2.29. The van der Waals surface area contributed by atoms with Gasteiger partial charge < -0.3 is 41.3 Å². The van der Waals surface area contributed by atoms with Crippen LogP contribution in [0, 0.1) is 11.8 Å². The maximum atomic E-state index is 12.4. The Hall–Kier alpha value is -3.74. The zero-order valence-electron chi connectivity index (χ0n) is 24.7. The number of aliphatic hydroxyl groups excluding tert-OH is 1. The van der Waals surface area contributed by atoms with Crippen molar-refractivity contribution in [2.45, 2.75) is 65.0 Å². The van der Waals surface area contributed by atoms with E-state index >= 15 is 0 Å². The maximum absolute atomic E-state index is 12.4. The second-order valence-corrected chi connectivity index (χ2v) is 10.0. The molecule has 1 amide bonds. The number of primary amides is 1. The van der Waals surface area contributed by atoms with E-state index in [1.165, 1.54) is 27.4 Å². The van der Waals surface area contributed by atoms with Gasteiger partial charge in [-0.1, -0.05) is 38.2 Å². The first-order chi connectivity index (χ1) is 19.2. The molecular formula is C29H43N3O9. The number of carbonyl (C=O) groups is 4. The van der Waals surface area contributed by atoms with Gasteiger partial charge in [-0.2, -0.15) is 0 Å². The lowest BCUT2D eigenvalue weighted by Crippen LogP contribution is -2.37. The number of allylic oxidation sites excluding steroid dienone is 4. The first-order valence-corrected chi connectivity index (χ1v) is 13.0. The predicted molar refractivity (Wildman–Crippen MR) is 152 cm³/mol. The molecule has 0 aromatic heterocycles. The van der Waals surface area contributed by atoms with E-state index in [9.17, 15) is 24.3 Å². The molecule has 0 aromatic carbocycles. The molecule has 0 aliphatic heterocycles. The summed E-state index contributed by atoms with van der Waals surface area (Å²) in [6.07, 6.45) is 3.60. The monoisotopic (exact) mass is 577 g/mol. The third-order valence-electron chi connectivity index (χ3n) is 6.77. The summed E-state index contributed by atoms with van der Waals surface area (Å²) in [6.45, 7) is 6.90. The predicted octanol–water partition coefficient (Wildman–Crippen LogP) is 1.72. The van der Waals surface area contributed by atoms with Crippen LogP contribution in [0.5, 0.6) is 0 Å². The minimum absolute atomic E-state index is 0.129. The number of rotatable bonds is 15. The fourth-order valence-electron chi connectivity index (χ4n) is 4.47. The third-order valence-corrected chi connectivity index (χ3v) is 6.77. The van der Waals surface area contributed by atoms with Crippen LogP contribution in [0.25, 0.3) is 0 Å². The molecule has 228 valence electrons. The summed E-state index contributed by atoms with van der Waals surface area (Å²) >= 11 is 0. The van der Waals surface area contributed by atoms with Gasteiger partial charge in [-0.3, -0.25) is 9.59 Å². The van der Waals surface area contributed by atoms with Crippen molar-refractivity contribution in [3.8, 4) is 0 Å². The topological polar surface area (TPSA) is 203 Å². The van der Waals surface area contributed by atoms with E-state index in [0.29, 0.717) is 17.6 Å². The smallest absolute Gasteiger partial charge is 0.405 e. The molecule has 7 N–H and O–H groups in total. The van der Waals surface area contributed by atoms with Gasteiger partial charge in [0.05, 0.1) is 30.7 Å². The Balaban J connectivity index is 3.08. The van der Waals surface area contributed by atoms with Gasteiger partial charge in [0.1, 0.15) is 6.10 Å². The number of esters is 1. The molecule has 0 saturated carbocycles. The van der Waals surface area contributed by atoms with Crippen molar-refractivity contribution in [1.29, 1.82) is 0 Å². The molecule has 12 nitrogen and oxygen atoms in total. The average Bonchev–Trinajstić information content (AvgIpc) is 2.92. The first-order valence-electron chi connectivity index (χ1n) is 13.0. The highest BCUT2D eigenvalue weighted by molar-refractivity contribution is 6.21. The van der Waals surface area contributed by atoms with Crippen LogP contribution in [0.4, 0.5) is 4.79 Å². The SMILES string of the molecule is COC(=O)C(C)=CC=CC(OC)C(OC(N)=O)C(C)=CC(C)C(O)C(CC(C)CC1=C(N)C(=O)C=C(N)C1=O)OC. The first kappa shape index (κ1) is 35.3. The minimum atomic E-state index is -1.02. The second kappa shape index (κ2) is 16.5. The van der Waals surface area contributed by atoms with Gasteiger partial charge in [-0.15, -0.1) is 0 Å². The van der Waals surface area contributed by atoms with Crippen molar-refractivity contribution in [3.63, 3.8) is 0 Å². The number of nitrogens with two attached hydrogens (primary N) is 3. The summed E-state index contributed by atoms with van der Waals surface area (Å²) in [5, 5.41) is 11.1. The molecule has 0 spiro atoms. The number of amides is 1.